The van der Waals surface area contributed by atoms with Crippen LogP contribution in [0.1, 0.15) is 22.3 Å². The largest absolute Gasteiger partial charge is 0.494 e. The summed E-state index contributed by atoms with van der Waals surface area (Å²) in [6.45, 7) is 4.50. The SMILES string of the molecule is COc1ccc(C)c2sc(N(Cc3cccnc3)C(=O)Cc3ccc(C)cc3)nc12. The number of hydrogen-bond donors (Lipinski definition) is 0. The first kappa shape index (κ1) is 20.0. The van der Waals surface area contributed by atoms with Crippen LogP contribution in [0.4, 0.5) is 5.13 Å². The third-order valence-corrected chi connectivity index (χ3v) is 6.20. The minimum absolute atomic E-state index is 0.00150. The van der Waals surface area contributed by atoms with Crippen LogP contribution in [0.25, 0.3) is 10.2 Å². The molecule has 2 aromatic heterocycles. The molecule has 0 aliphatic rings. The highest BCUT2D eigenvalue weighted by Crippen LogP contribution is 2.37. The molecule has 4 rings (SSSR count). The van der Waals surface area contributed by atoms with Gasteiger partial charge in [-0.05, 0) is 42.7 Å². The molecule has 5 nitrogen and oxygen atoms in total. The highest BCUT2D eigenvalue weighted by Gasteiger charge is 2.22. The Labute approximate surface area is 180 Å². The normalized spacial score (nSPS) is 10.9. The van der Waals surface area contributed by atoms with Crippen LogP contribution in [0.15, 0.2) is 60.9 Å². The van der Waals surface area contributed by atoms with E-state index in [2.05, 4.69) is 4.98 Å². The van der Waals surface area contributed by atoms with Gasteiger partial charge in [0.05, 0.1) is 24.8 Å². The number of anilines is 1. The van der Waals surface area contributed by atoms with Crippen molar-refractivity contribution in [1.29, 1.82) is 0 Å². The maximum absolute atomic E-state index is 13.4. The maximum atomic E-state index is 13.4. The van der Waals surface area contributed by atoms with Crippen LogP contribution in [0.3, 0.4) is 0 Å². The molecule has 0 saturated carbocycles. The van der Waals surface area contributed by atoms with Gasteiger partial charge in [-0.3, -0.25) is 14.7 Å². The number of carbonyl (C=O) groups excluding carboxylic acids is 1. The molecule has 0 aliphatic heterocycles. The van der Waals surface area contributed by atoms with Crippen molar-refractivity contribution in [3.05, 3.63) is 83.2 Å². The summed E-state index contributed by atoms with van der Waals surface area (Å²) >= 11 is 1.52. The molecule has 2 aromatic carbocycles. The van der Waals surface area contributed by atoms with Crippen LogP contribution in [-0.2, 0) is 17.8 Å². The van der Waals surface area contributed by atoms with Gasteiger partial charge >= 0.3 is 0 Å². The van der Waals surface area contributed by atoms with Gasteiger partial charge in [-0.15, -0.1) is 0 Å². The summed E-state index contributed by atoms with van der Waals surface area (Å²) < 4.78 is 6.52. The Morgan fingerprint density at radius 2 is 1.87 bits per heavy atom. The van der Waals surface area contributed by atoms with Gasteiger partial charge in [-0.1, -0.05) is 53.3 Å². The number of fused-ring (bicyclic) bond motifs is 1. The molecule has 0 spiro atoms. The second kappa shape index (κ2) is 8.63. The van der Waals surface area contributed by atoms with E-state index < -0.39 is 0 Å². The first-order valence-electron chi connectivity index (χ1n) is 9.74. The molecule has 0 unspecified atom stereocenters. The minimum Gasteiger partial charge on any atom is -0.494 e. The summed E-state index contributed by atoms with van der Waals surface area (Å²) in [5, 5.41) is 0.665. The average Bonchev–Trinajstić information content (AvgIpc) is 3.21. The van der Waals surface area contributed by atoms with Gasteiger partial charge in [-0.25, -0.2) is 4.98 Å². The topological polar surface area (TPSA) is 55.3 Å². The maximum Gasteiger partial charge on any atom is 0.233 e. The lowest BCUT2D eigenvalue weighted by Crippen LogP contribution is -2.31. The smallest absolute Gasteiger partial charge is 0.233 e. The fraction of sp³-hybridized carbons (Fsp3) is 0.208. The highest BCUT2D eigenvalue weighted by atomic mass is 32.1. The third-order valence-electron chi connectivity index (χ3n) is 4.98. The zero-order valence-electron chi connectivity index (χ0n) is 17.3. The molecular formula is C24H23N3O2S. The Bertz CT molecular complexity index is 1170. The molecule has 152 valence electrons. The van der Waals surface area contributed by atoms with E-state index in [1.54, 1.807) is 24.4 Å². The molecule has 0 fully saturated rings. The third kappa shape index (κ3) is 4.19. The van der Waals surface area contributed by atoms with Crippen LogP contribution >= 0.6 is 11.3 Å². The van der Waals surface area contributed by atoms with E-state index >= 15 is 0 Å². The predicted molar refractivity (Wildman–Crippen MR) is 121 cm³/mol. The van der Waals surface area contributed by atoms with Crippen LogP contribution in [0.5, 0.6) is 5.75 Å². The first-order chi connectivity index (χ1) is 14.5. The van der Waals surface area contributed by atoms with E-state index in [-0.39, 0.29) is 5.91 Å². The summed E-state index contributed by atoms with van der Waals surface area (Å²) in [5.41, 5.74) is 5.01. The van der Waals surface area contributed by atoms with Gasteiger partial charge in [0.15, 0.2) is 5.13 Å². The number of thiazole rings is 1. The molecule has 6 heteroatoms. The quantitative estimate of drug-likeness (QED) is 0.438. The van der Waals surface area contributed by atoms with Crippen molar-refractivity contribution < 1.29 is 9.53 Å². The molecule has 4 aromatic rings. The fourth-order valence-electron chi connectivity index (χ4n) is 3.29. The van der Waals surface area contributed by atoms with Gasteiger partial charge in [0.2, 0.25) is 5.91 Å². The lowest BCUT2D eigenvalue weighted by molar-refractivity contribution is -0.118. The molecule has 0 aliphatic carbocycles. The number of amides is 1. The van der Waals surface area contributed by atoms with Gasteiger partial charge in [-0.2, -0.15) is 0 Å². The van der Waals surface area contributed by atoms with Gasteiger partial charge in [0, 0.05) is 12.4 Å². The summed E-state index contributed by atoms with van der Waals surface area (Å²) in [5.74, 6) is 0.712. The first-order valence-corrected chi connectivity index (χ1v) is 10.6. The molecule has 0 saturated heterocycles. The Hall–Kier alpha value is -3.25. The average molecular weight is 418 g/mol. The van der Waals surface area contributed by atoms with Crippen molar-refractivity contribution in [3.8, 4) is 5.75 Å². The van der Waals surface area contributed by atoms with E-state index in [4.69, 9.17) is 9.72 Å². The molecule has 0 bridgehead atoms. The molecule has 2 heterocycles. The van der Waals surface area contributed by atoms with Crippen molar-refractivity contribution in [2.75, 3.05) is 12.0 Å². The fourth-order valence-corrected chi connectivity index (χ4v) is 4.36. The molecule has 0 N–H and O–H groups in total. The van der Waals surface area contributed by atoms with Gasteiger partial charge in [0.25, 0.3) is 0 Å². The number of pyridine rings is 1. The zero-order valence-corrected chi connectivity index (χ0v) is 18.1. The second-order valence-corrected chi connectivity index (χ2v) is 8.24. The van der Waals surface area contributed by atoms with Crippen LogP contribution in [0.2, 0.25) is 0 Å². The van der Waals surface area contributed by atoms with E-state index in [1.165, 1.54) is 16.9 Å². The molecule has 30 heavy (non-hydrogen) atoms. The number of carbonyl (C=O) groups is 1. The number of rotatable bonds is 6. The van der Waals surface area contributed by atoms with Crippen LogP contribution in [-0.4, -0.2) is 23.0 Å². The van der Waals surface area contributed by atoms with Crippen LogP contribution < -0.4 is 9.64 Å². The Morgan fingerprint density at radius 1 is 1.07 bits per heavy atom. The zero-order chi connectivity index (χ0) is 21.1. The number of ether oxygens (including phenoxy) is 1. The van der Waals surface area contributed by atoms with E-state index in [9.17, 15) is 4.79 Å². The van der Waals surface area contributed by atoms with Gasteiger partial charge < -0.3 is 4.74 Å². The summed E-state index contributed by atoms with van der Waals surface area (Å²) in [6, 6.07) is 15.8. The molecule has 0 radical (unpaired) electrons. The number of methoxy groups -OCH3 is 1. The Balaban J connectivity index is 1.73. The lowest BCUT2D eigenvalue weighted by Gasteiger charge is -2.20. The highest BCUT2D eigenvalue weighted by molar-refractivity contribution is 7.22. The molecule has 1 amide bonds. The monoisotopic (exact) mass is 417 g/mol. The van der Waals surface area contributed by atoms with Crippen molar-refractivity contribution >= 4 is 32.6 Å². The Morgan fingerprint density at radius 3 is 2.57 bits per heavy atom. The summed E-state index contributed by atoms with van der Waals surface area (Å²) in [4.78, 5) is 24.1. The van der Waals surface area contributed by atoms with E-state index in [0.29, 0.717) is 23.8 Å². The van der Waals surface area contributed by atoms with E-state index in [1.807, 2.05) is 62.4 Å². The number of aromatic nitrogens is 2. The molecular weight excluding hydrogens is 394 g/mol. The van der Waals surface area contributed by atoms with Crippen molar-refractivity contribution in [1.82, 2.24) is 9.97 Å². The second-order valence-electron chi connectivity index (χ2n) is 7.26. The minimum atomic E-state index is -0.00150. The van der Waals surface area contributed by atoms with Crippen molar-refractivity contribution in [2.24, 2.45) is 0 Å². The van der Waals surface area contributed by atoms with E-state index in [0.717, 1.165) is 26.9 Å². The Kier molecular flexibility index (Phi) is 5.77. The summed E-state index contributed by atoms with van der Waals surface area (Å²) in [6.07, 6.45) is 3.83. The number of aryl methyl sites for hydroxylation is 2. The number of hydrogen-bond acceptors (Lipinski definition) is 5. The standard InChI is InChI=1S/C24H23N3O2S/c1-16-6-9-18(10-7-16)13-21(28)27(15-19-5-4-12-25-14-19)24-26-22-20(29-3)11-8-17(2)23(22)30-24/h4-12,14H,13,15H2,1-3H3. The number of nitrogens with zero attached hydrogens (tertiary/aromatic N) is 3. The predicted octanol–water partition coefficient (Wildman–Crippen LogP) is 5.09. The van der Waals surface area contributed by atoms with Gasteiger partial charge in [0.1, 0.15) is 11.3 Å². The lowest BCUT2D eigenvalue weighted by atomic mass is 10.1. The van der Waals surface area contributed by atoms with Crippen molar-refractivity contribution in [3.63, 3.8) is 0 Å². The van der Waals surface area contributed by atoms with Crippen LogP contribution in [0, 0.1) is 13.8 Å². The molecule has 0 atom stereocenters. The number of benzene rings is 2. The van der Waals surface area contributed by atoms with Crippen molar-refractivity contribution in [2.45, 2.75) is 26.8 Å². The summed E-state index contributed by atoms with van der Waals surface area (Å²) in [7, 11) is 1.64.